The Morgan fingerprint density at radius 3 is 1.75 bits per heavy atom. The van der Waals surface area contributed by atoms with E-state index in [9.17, 15) is 0 Å². The Hall–Kier alpha value is -0.520. The van der Waals surface area contributed by atoms with Gasteiger partial charge >= 0.3 is 0 Å². The molecule has 0 amide bonds. The van der Waals surface area contributed by atoms with Crippen molar-refractivity contribution < 1.29 is 0 Å². The minimum Gasteiger partial charge on any atom is -0.0882 e. The highest BCUT2D eigenvalue weighted by atomic mass is 14.5. The maximum atomic E-state index is 2.48. The van der Waals surface area contributed by atoms with Gasteiger partial charge in [0.15, 0.2) is 0 Å². The van der Waals surface area contributed by atoms with Gasteiger partial charge in [0.1, 0.15) is 0 Å². The number of allylic oxidation sites excluding steroid dienone is 4. The molecule has 0 aromatic heterocycles. The van der Waals surface area contributed by atoms with E-state index in [4.69, 9.17) is 0 Å². The van der Waals surface area contributed by atoms with Gasteiger partial charge in [-0.3, -0.25) is 0 Å². The van der Waals surface area contributed by atoms with Crippen molar-refractivity contribution in [3.63, 3.8) is 0 Å². The van der Waals surface area contributed by atoms with Gasteiger partial charge in [0.2, 0.25) is 0 Å². The number of fused-ring (bicyclic) bond motifs is 4. The first-order valence-corrected chi connectivity index (χ1v) is 5.30. The summed E-state index contributed by atoms with van der Waals surface area (Å²) >= 11 is 0. The molecule has 0 heterocycles. The van der Waals surface area contributed by atoms with Crippen molar-refractivity contribution in [2.24, 2.45) is 23.7 Å². The second-order valence-electron chi connectivity index (χ2n) is 4.49. The van der Waals surface area contributed by atoms with Crippen molar-refractivity contribution in [3.8, 4) is 0 Å². The molecule has 3 aliphatic rings. The van der Waals surface area contributed by atoms with Crippen LogP contribution in [0.15, 0.2) is 24.3 Å². The van der Waals surface area contributed by atoms with E-state index >= 15 is 0 Å². The van der Waals surface area contributed by atoms with Crippen molar-refractivity contribution in [1.29, 1.82) is 0 Å². The molecule has 0 unspecified atom stereocenters. The molecule has 0 nitrogen and oxygen atoms in total. The average molecular weight is 160 g/mol. The lowest BCUT2D eigenvalue weighted by atomic mass is 9.51. The third-order valence-corrected chi connectivity index (χ3v) is 4.03. The van der Waals surface area contributed by atoms with Crippen molar-refractivity contribution >= 4 is 0 Å². The molecule has 0 spiro atoms. The summed E-state index contributed by atoms with van der Waals surface area (Å²) < 4.78 is 0. The van der Waals surface area contributed by atoms with Crippen LogP contribution in [-0.4, -0.2) is 0 Å². The zero-order valence-corrected chi connectivity index (χ0v) is 7.45. The van der Waals surface area contributed by atoms with Crippen LogP contribution in [0.4, 0.5) is 0 Å². The van der Waals surface area contributed by atoms with E-state index in [1.165, 1.54) is 25.7 Å². The zero-order chi connectivity index (χ0) is 7.97. The van der Waals surface area contributed by atoms with Crippen LogP contribution in [0.5, 0.6) is 0 Å². The van der Waals surface area contributed by atoms with E-state index in [1.54, 1.807) is 0 Å². The van der Waals surface area contributed by atoms with E-state index in [0.29, 0.717) is 0 Å². The van der Waals surface area contributed by atoms with Crippen molar-refractivity contribution in [1.82, 2.24) is 0 Å². The molecule has 0 saturated heterocycles. The van der Waals surface area contributed by atoms with Gasteiger partial charge in [-0.25, -0.2) is 0 Å². The summed E-state index contributed by atoms with van der Waals surface area (Å²) in [6.45, 7) is 0. The fraction of sp³-hybridized carbons (Fsp3) is 0.667. The first kappa shape index (κ1) is 6.94. The molecular formula is C12H16. The van der Waals surface area contributed by atoms with Gasteiger partial charge in [-0.15, -0.1) is 0 Å². The molecule has 0 radical (unpaired) electrons. The maximum Gasteiger partial charge on any atom is -0.0136 e. The quantitative estimate of drug-likeness (QED) is 0.477. The fourth-order valence-electron chi connectivity index (χ4n) is 3.44. The van der Waals surface area contributed by atoms with Crippen molar-refractivity contribution in [3.05, 3.63) is 24.3 Å². The normalized spacial score (nSPS) is 49.3. The highest BCUT2D eigenvalue weighted by molar-refractivity contribution is 5.17. The monoisotopic (exact) mass is 160 g/mol. The largest absolute Gasteiger partial charge is 0.0882 e. The topological polar surface area (TPSA) is 0 Å². The first-order valence-electron chi connectivity index (χ1n) is 5.30. The van der Waals surface area contributed by atoms with Crippen LogP contribution in [0.2, 0.25) is 0 Å². The van der Waals surface area contributed by atoms with Crippen LogP contribution in [0.3, 0.4) is 0 Å². The average Bonchev–Trinajstić information content (AvgIpc) is 2.14. The van der Waals surface area contributed by atoms with E-state index in [-0.39, 0.29) is 0 Å². The summed E-state index contributed by atoms with van der Waals surface area (Å²) in [5.41, 5.74) is 0. The third-order valence-electron chi connectivity index (χ3n) is 4.03. The Bertz CT molecular complexity index is 210. The minimum atomic E-state index is 0.931. The second-order valence-corrected chi connectivity index (χ2v) is 4.49. The molecule has 1 fully saturated rings. The smallest absolute Gasteiger partial charge is 0.0136 e. The summed E-state index contributed by atoms with van der Waals surface area (Å²) in [6.07, 6.45) is 15.4. The molecule has 0 aliphatic heterocycles. The lowest BCUT2D eigenvalue weighted by Crippen LogP contribution is -2.46. The standard InChI is InChI=1S/C12H16/c1-2-6-10-9(5-1)11-7-3-4-8-12(10)11/h1,3,5,7,9-12H,2,4,6,8H2/t9-,10+,11+,12-/m0/s1. The molecule has 0 aromatic rings. The van der Waals surface area contributed by atoms with Crippen LogP contribution in [0, 0.1) is 23.7 Å². The first-order chi connectivity index (χ1) is 5.97. The summed E-state index contributed by atoms with van der Waals surface area (Å²) in [7, 11) is 0. The Morgan fingerprint density at radius 1 is 0.750 bits per heavy atom. The van der Waals surface area contributed by atoms with Crippen LogP contribution in [-0.2, 0) is 0 Å². The summed E-state index contributed by atoms with van der Waals surface area (Å²) in [6, 6.07) is 0. The summed E-state index contributed by atoms with van der Waals surface area (Å²) in [5.74, 6) is 3.98. The van der Waals surface area contributed by atoms with Crippen LogP contribution in [0.25, 0.3) is 0 Å². The number of rotatable bonds is 0. The highest BCUT2D eigenvalue weighted by Crippen LogP contribution is 2.55. The fourth-order valence-corrected chi connectivity index (χ4v) is 3.44. The number of hydrogen-bond acceptors (Lipinski definition) is 0. The van der Waals surface area contributed by atoms with Gasteiger partial charge in [0, 0.05) is 0 Å². The molecule has 12 heavy (non-hydrogen) atoms. The Labute approximate surface area is 74.4 Å². The molecule has 0 heteroatoms. The lowest BCUT2D eigenvalue weighted by Gasteiger charge is -2.53. The van der Waals surface area contributed by atoms with Crippen LogP contribution < -0.4 is 0 Å². The molecular weight excluding hydrogens is 144 g/mol. The van der Waals surface area contributed by atoms with Crippen molar-refractivity contribution in [2.45, 2.75) is 25.7 Å². The van der Waals surface area contributed by atoms with Crippen LogP contribution >= 0.6 is 0 Å². The zero-order valence-electron chi connectivity index (χ0n) is 7.45. The highest BCUT2D eigenvalue weighted by Gasteiger charge is 2.47. The van der Waals surface area contributed by atoms with Gasteiger partial charge in [-0.05, 0) is 49.4 Å². The van der Waals surface area contributed by atoms with Crippen LogP contribution in [0.1, 0.15) is 25.7 Å². The molecule has 1 saturated carbocycles. The van der Waals surface area contributed by atoms with Gasteiger partial charge in [0.05, 0.1) is 0 Å². The van der Waals surface area contributed by atoms with Gasteiger partial charge in [-0.1, -0.05) is 24.3 Å². The maximum absolute atomic E-state index is 2.48. The predicted molar refractivity (Wildman–Crippen MR) is 50.7 cm³/mol. The van der Waals surface area contributed by atoms with Crippen molar-refractivity contribution in [2.75, 3.05) is 0 Å². The Morgan fingerprint density at radius 2 is 1.25 bits per heavy atom. The molecule has 3 aliphatic carbocycles. The van der Waals surface area contributed by atoms with Gasteiger partial charge in [0.25, 0.3) is 0 Å². The molecule has 64 valence electrons. The SMILES string of the molecule is C1=C[C@@H]2[C@H]3C=CCC[C@H]3[C@@H]2CC1. The predicted octanol–water partition coefficient (Wildman–Crippen LogP) is 3.16. The second kappa shape index (κ2) is 2.48. The van der Waals surface area contributed by atoms with E-state index in [0.717, 1.165) is 23.7 Å². The molecule has 0 aromatic carbocycles. The van der Waals surface area contributed by atoms with Gasteiger partial charge in [-0.2, -0.15) is 0 Å². The van der Waals surface area contributed by atoms with E-state index < -0.39 is 0 Å². The minimum absolute atomic E-state index is 0.931. The third kappa shape index (κ3) is 0.784. The molecule has 0 bridgehead atoms. The molecule has 3 rings (SSSR count). The summed E-state index contributed by atoms with van der Waals surface area (Å²) in [5, 5.41) is 0. The lowest BCUT2D eigenvalue weighted by molar-refractivity contribution is 0.0195. The van der Waals surface area contributed by atoms with E-state index in [2.05, 4.69) is 24.3 Å². The van der Waals surface area contributed by atoms with Gasteiger partial charge < -0.3 is 0 Å². The summed E-state index contributed by atoms with van der Waals surface area (Å²) in [4.78, 5) is 0. The Kier molecular flexibility index (Phi) is 1.44. The Balaban J connectivity index is 1.87. The van der Waals surface area contributed by atoms with E-state index in [1.807, 2.05) is 0 Å². The molecule has 4 atom stereocenters. The number of hydrogen-bond donors (Lipinski definition) is 0. The molecule has 0 N–H and O–H groups in total.